The van der Waals surface area contributed by atoms with Crippen LogP contribution in [0.15, 0.2) is 18.2 Å². The van der Waals surface area contributed by atoms with E-state index in [0.717, 1.165) is 23.5 Å². The number of aryl methyl sites for hydroxylation is 2. The van der Waals surface area contributed by atoms with Gasteiger partial charge in [-0.05, 0) is 56.6 Å². The molecule has 0 aromatic heterocycles. The standard InChI is InChI=1S/C18H27NO4S2/c1-13-5-6-14(2)17(11-13)23-8-4-9-24-15(3)18(20)19-16-7-10-25(21,22)12-16/h5-6,11,15-16H,4,7-10,12H2,1-3H3,(H,19,20)/t15-,16+/m0/s1. The molecule has 1 aromatic carbocycles. The van der Waals surface area contributed by atoms with Gasteiger partial charge in [0, 0.05) is 6.04 Å². The van der Waals surface area contributed by atoms with Crippen LogP contribution in [0.2, 0.25) is 0 Å². The van der Waals surface area contributed by atoms with Gasteiger partial charge in [0.15, 0.2) is 9.84 Å². The molecular formula is C18H27NO4S2. The van der Waals surface area contributed by atoms with Gasteiger partial charge in [-0.2, -0.15) is 0 Å². The highest BCUT2D eigenvalue weighted by atomic mass is 32.2. The maximum absolute atomic E-state index is 12.1. The molecule has 7 heteroatoms. The van der Waals surface area contributed by atoms with Crippen LogP contribution < -0.4 is 10.1 Å². The van der Waals surface area contributed by atoms with E-state index in [9.17, 15) is 13.2 Å². The molecule has 1 fully saturated rings. The van der Waals surface area contributed by atoms with E-state index in [-0.39, 0.29) is 28.7 Å². The highest BCUT2D eigenvalue weighted by Crippen LogP contribution is 2.20. The largest absolute Gasteiger partial charge is 0.493 e. The number of thioether (sulfide) groups is 1. The quantitative estimate of drug-likeness (QED) is 0.696. The molecule has 5 nitrogen and oxygen atoms in total. The molecule has 1 saturated heterocycles. The number of hydrogen-bond acceptors (Lipinski definition) is 5. The molecule has 1 amide bonds. The third-order valence-electron chi connectivity index (χ3n) is 4.21. The Hall–Kier alpha value is -1.21. The zero-order chi connectivity index (χ0) is 18.4. The summed E-state index contributed by atoms with van der Waals surface area (Å²) < 4.78 is 28.7. The van der Waals surface area contributed by atoms with Crippen LogP contribution in [-0.2, 0) is 14.6 Å². The van der Waals surface area contributed by atoms with Crippen LogP contribution in [0.25, 0.3) is 0 Å². The summed E-state index contributed by atoms with van der Waals surface area (Å²) in [6, 6.07) is 5.92. The summed E-state index contributed by atoms with van der Waals surface area (Å²) in [7, 11) is -2.96. The molecule has 0 saturated carbocycles. The Morgan fingerprint density at radius 1 is 1.40 bits per heavy atom. The van der Waals surface area contributed by atoms with Crippen molar-refractivity contribution < 1.29 is 17.9 Å². The number of carbonyl (C=O) groups excluding carboxylic acids is 1. The van der Waals surface area contributed by atoms with Gasteiger partial charge in [0.2, 0.25) is 5.91 Å². The number of amides is 1. The monoisotopic (exact) mass is 385 g/mol. The Balaban J connectivity index is 1.64. The number of benzene rings is 1. The first kappa shape index (κ1) is 20.1. The summed E-state index contributed by atoms with van der Waals surface area (Å²) in [5.74, 6) is 1.90. The topological polar surface area (TPSA) is 72.5 Å². The minimum atomic E-state index is -2.96. The lowest BCUT2D eigenvalue weighted by Gasteiger charge is -2.16. The first-order valence-electron chi connectivity index (χ1n) is 8.59. The van der Waals surface area contributed by atoms with Crippen LogP contribution in [0.5, 0.6) is 5.75 Å². The van der Waals surface area contributed by atoms with Crippen LogP contribution in [0.3, 0.4) is 0 Å². The van der Waals surface area contributed by atoms with Crippen LogP contribution in [0, 0.1) is 13.8 Å². The summed E-state index contributed by atoms with van der Waals surface area (Å²) >= 11 is 1.57. The molecule has 2 atom stereocenters. The third-order valence-corrected chi connectivity index (χ3v) is 7.21. The van der Waals surface area contributed by atoms with Gasteiger partial charge in [0.1, 0.15) is 5.75 Å². The molecule has 1 aliphatic heterocycles. The molecule has 0 bridgehead atoms. The molecule has 140 valence electrons. The number of rotatable bonds is 8. The van der Waals surface area contributed by atoms with Gasteiger partial charge in [0.25, 0.3) is 0 Å². The van der Waals surface area contributed by atoms with E-state index in [2.05, 4.69) is 17.4 Å². The first-order chi connectivity index (χ1) is 11.8. The molecule has 1 aliphatic rings. The van der Waals surface area contributed by atoms with Crippen LogP contribution >= 0.6 is 11.8 Å². The van der Waals surface area contributed by atoms with Gasteiger partial charge in [-0.25, -0.2) is 8.42 Å². The molecule has 0 aliphatic carbocycles. The summed E-state index contributed by atoms with van der Waals surface area (Å²) in [5, 5.41) is 2.65. The summed E-state index contributed by atoms with van der Waals surface area (Å²) in [6.07, 6.45) is 1.38. The third kappa shape index (κ3) is 6.55. The molecule has 0 spiro atoms. The van der Waals surface area contributed by atoms with Gasteiger partial charge in [0.05, 0.1) is 23.4 Å². The highest BCUT2D eigenvalue weighted by Gasteiger charge is 2.29. The molecule has 0 unspecified atom stereocenters. The smallest absolute Gasteiger partial charge is 0.233 e. The Morgan fingerprint density at radius 2 is 2.16 bits per heavy atom. The minimum absolute atomic E-state index is 0.0693. The second-order valence-electron chi connectivity index (χ2n) is 6.59. The highest BCUT2D eigenvalue weighted by molar-refractivity contribution is 8.00. The van der Waals surface area contributed by atoms with Crippen molar-refractivity contribution in [2.45, 2.75) is 44.9 Å². The Kier molecular flexibility index (Phi) is 7.19. The lowest BCUT2D eigenvalue weighted by Crippen LogP contribution is -2.40. The van der Waals surface area contributed by atoms with Crippen molar-refractivity contribution in [2.24, 2.45) is 0 Å². The van der Waals surface area contributed by atoms with Crippen molar-refractivity contribution in [1.82, 2.24) is 5.32 Å². The lowest BCUT2D eigenvalue weighted by atomic mass is 10.1. The predicted octanol–water partition coefficient (Wildman–Crippen LogP) is 2.50. The number of hydrogen-bond donors (Lipinski definition) is 1. The Morgan fingerprint density at radius 3 is 2.84 bits per heavy atom. The van der Waals surface area contributed by atoms with Crippen LogP contribution in [-0.4, -0.2) is 49.5 Å². The molecule has 2 rings (SSSR count). The van der Waals surface area contributed by atoms with E-state index in [1.807, 2.05) is 26.8 Å². The van der Waals surface area contributed by atoms with Crippen LogP contribution in [0.1, 0.15) is 30.9 Å². The second-order valence-corrected chi connectivity index (χ2v) is 10.3. The first-order valence-corrected chi connectivity index (χ1v) is 11.5. The zero-order valence-corrected chi connectivity index (χ0v) is 16.7. The van der Waals surface area contributed by atoms with Gasteiger partial charge >= 0.3 is 0 Å². The van der Waals surface area contributed by atoms with Crippen molar-refractivity contribution in [1.29, 1.82) is 0 Å². The predicted molar refractivity (Wildman–Crippen MR) is 103 cm³/mol. The Labute approximate surface area is 154 Å². The minimum Gasteiger partial charge on any atom is -0.493 e. The van der Waals surface area contributed by atoms with Crippen LogP contribution in [0.4, 0.5) is 0 Å². The van der Waals surface area contributed by atoms with E-state index in [0.29, 0.717) is 13.0 Å². The molecular weight excluding hydrogens is 358 g/mol. The van der Waals surface area contributed by atoms with E-state index in [1.165, 1.54) is 5.56 Å². The van der Waals surface area contributed by atoms with E-state index in [1.54, 1.807) is 11.8 Å². The zero-order valence-electron chi connectivity index (χ0n) is 15.1. The van der Waals surface area contributed by atoms with E-state index >= 15 is 0 Å². The van der Waals surface area contributed by atoms with Crippen molar-refractivity contribution >= 4 is 27.5 Å². The fraction of sp³-hybridized carbons (Fsp3) is 0.611. The fourth-order valence-electron chi connectivity index (χ4n) is 2.67. The lowest BCUT2D eigenvalue weighted by molar-refractivity contribution is -0.120. The number of sulfone groups is 1. The normalized spacial score (nSPS) is 20.2. The SMILES string of the molecule is Cc1ccc(C)c(OCCCS[C@@H](C)C(=O)N[C@@H]2CCS(=O)(=O)C2)c1. The summed E-state index contributed by atoms with van der Waals surface area (Å²) in [5.41, 5.74) is 2.30. The molecule has 1 N–H and O–H groups in total. The molecule has 1 heterocycles. The Bertz CT molecular complexity index is 703. The number of carbonyl (C=O) groups is 1. The van der Waals surface area contributed by atoms with Gasteiger partial charge < -0.3 is 10.1 Å². The maximum Gasteiger partial charge on any atom is 0.233 e. The van der Waals surface area contributed by atoms with Crippen molar-refractivity contribution in [2.75, 3.05) is 23.9 Å². The average molecular weight is 386 g/mol. The summed E-state index contributed by atoms with van der Waals surface area (Å²) in [4.78, 5) is 12.1. The van der Waals surface area contributed by atoms with Gasteiger partial charge in [-0.1, -0.05) is 12.1 Å². The second kappa shape index (κ2) is 8.94. The number of nitrogens with one attached hydrogen (secondary N) is 1. The van der Waals surface area contributed by atoms with Crippen molar-refractivity contribution in [3.8, 4) is 5.75 Å². The maximum atomic E-state index is 12.1. The van der Waals surface area contributed by atoms with E-state index < -0.39 is 9.84 Å². The molecule has 1 aromatic rings. The molecule has 0 radical (unpaired) electrons. The summed E-state index contributed by atoms with van der Waals surface area (Å²) in [6.45, 7) is 6.54. The number of ether oxygens (including phenoxy) is 1. The average Bonchev–Trinajstić information content (AvgIpc) is 2.88. The molecule has 25 heavy (non-hydrogen) atoms. The fourth-order valence-corrected chi connectivity index (χ4v) is 5.20. The van der Waals surface area contributed by atoms with Gasteiger partial charge in [-0.3, -0.25) is 4.79 Å². The van der Waals surface area contributed by atoms with Crippen molar-refractivity contribution in [3.05, 3.63) is 29.3 Å². The van der Waals surface area contributed by atoms with Gasteiger partial charge in [-0.15, -0.1) is 11.8 Å². The van der Waals surface area contributed by atoms with E-state index in [4.69, 9.17) is 4.74 Å². The van der Waals surface area contributed by atoms with Crippen molar-refractivity contribution in [3.63, 3.8) is 0 Å².